The molecule has 0 saturated carbocycles. The van der Waals surface area contributed by atoms with Crippen LogP contribution in [0, 0.1) is 11.6 Å². The van der Waals surface area contributed by atoms with Gasteiger partial charge in [-0.05, 0) is 41.9 Å². The molecule has 0 fully saturated rings. The number of hydrogen-bond acceptors (Lipinski definition) is 2. The van der Waals surface area contributed by atoms with Crippen molar-refractivity contribution in [2.75, 3.05) is 5.75 Å². The molecule has 1 rings (SSSR count). The number of nitrogens with two attached hydrogens (primary N) is 1. The summed E-state index contributed by atoms with van der Waals surface area (Å²) in [6, 6.07) is 2.43. The maximum atomic E-state index is 13.6. The first-order valence-corrected chi connectivity index (χ1v) is 7.25. The van der Waals surface area contributed by atoms with E-state index in [2.05, 4.69) is 15.9 Å². The maximum absolute atomic E-state index is 13.6. The van der Waals surface area contributed by atoms with Gasteiger partial charge in [0.05, 0.1) is 10.2 Å². The predicted octanol–water partition coefficient (Wildman–Crippen LogP) is 2.71. The third-order valence-corrected chi connectivity index (χ3v) is 4.27. The lowest BCUT2D eigenvalue weighted by Gasteiger charge is -2.17. The van der Waals surface area contributed by atoms with Gasteiger partial charge in [-0.25, -0.2) is 8.78 Å². The third-order valence-electron chi connectivity index (χ3n) is 1.98. The standard InChI is InChI=1S/C11H14BrF2NOS/c1-11(2,15)6-17(16)5-7-9(13)4-3-8(12)10(7)14/h3-4H,5-6,15H2,1-2H3. The summed E-state index contributed by atoms with van der Waals surface area (Å²) in [4.78, 5) is 0. The molecule has 17 heavy (non-hydrogen) atoms. The largest absolute Gasteiger partial charge is 0.325 e. The molecule has 0 radical (unpaired) electrons. The second kappa shape index (κ2) is 5.54. The first-order valence-electron chi connectivity index (χ1n) is 4.97. The fourth-order valence-electron chi connectivity index (χ4n) is 1.33. The normalized spacial score (nSPS) is 13.8. The summed E-state index contributed by atoms with van der Waals surface area (Å²) >= 11 is 2.97. The highest BCUT2D eigenvalue weighted by atomic mass is 79.9. The average Bonchev–Trinajstić information content (AvgIpc) is 2.16. The molecule has 1 aromatic rings. The smallest absolute Gasteiger partial charge is 0.144 e. The second-order valence-corrected chi connectivity index (χ2v) is 6.85. The van der Waals surface area contributed by atoms with E-state index in [0.717, 1.165) is 6.07 Å². The highest BCUT2D eigenvalue weighted by molar-refractivity contribution is 9.10. The van der Waals surface area contributed by atoms with Crippen LogP contribution in [0.15, 0.2) is 16.6 Å². The van der Waals surface area contributed by atoms with Crippen LogP contribution in [0.2, 0.25) is 0 Å². The molecule has 0 heterocycles. The fourth-order valence-corrected chi connectivity index (χ4v) is 3.22. The number of hydrogen-bond donors (Lipinski definition) is 1. The van der Waals surface area contributed by atoms with Crippen LogP contribution in [0.3, 0.4) is 0 Å². The third kappa shape index (κ3) is 4.44. The van der Waals surface area contributed by atoms with Gasteiger partial charge >= 0.3 is 0 Å². The van der Waals surface area contributed by atoms with E-state index in [9.17, 15) is 13.0 Å². The summed E-state index contributed by atoms with van der Waals surface area (Å²) in [6.07, 6.45) is 0. The van der Waals surface area contributed by atoms with Crippen LogP contribution in [0.25, 0.3) is 0 Å². The summed E-state index contributed by atoms with van der Waals surface area (Å²) in [6.45, 7) is 3.44. The molecular weight excluding hydrogens is 312 g/mol. The summed E-state index contributed by atoms with van der Waals surface area (Å²) in [5.41, 5.74) is 4.92. The number of benzene rings is 1. The number of rotatable bonds is 4. The van der Waals surface area contributed by atoms with Crippen LogP contribution in [-0.2, 0) is 16.6 Å². The Labute approximate surface area is 110 Å². The molecule has 1 atom stereocenters. The van der Waals surface area contributed by atoms with E-state index >= 15 is 0 Å². The van der Waals surface area contributed by atoms with E-state index in [1.165, 1.54) is 6.07 Å². The Morgan fingerprint density at radius 3 is 2.53 bits per heavy atom. The summed E-state index contributed by atoms with van der Waals surface area (Å²) in [5.74, 6) is -1.36. The topological polar surface area (TPSA) is 43.1 Å². The van der Waals surface area contributed by atoms with Gasteiger partial charge in [0.15, 0.2) is 0 Å². The van der Waals surface area contributed by atoms with Gasteiger partial charge in [0.25, 0.3) is 0 Å². The molecule has 96 valence electrons. The maximum Gasteiger partial charge on any atom is 0.144 e. The molecule has 1 unspecified atom stereocenters. The van der Waals surface area contributed by atoms with Gasteiger partial charge in [0, 0.05) is 27.7 Å². The van der Waals surface area contributed by atoms with E-state index < -0.39 is 28.0 Å². The Kier molecular flexibility index (Phi) is 4.80. The average molecular weight is 326 g/mol. The van der Waals surface area contributed by atoms with E-state index in [0.29, 0.717) is 0 Å². The molecule has 6 heteroatoms. The molecule has 1 aromatic carbocycles. The Balaban J connectivity index is 2.89. The Bertz CT molecular complexity index is 446. The molecule has 0 spiro atoms. The monoisotopic (exact) mass is 325 g/mol. The molecular formula is C11H14BrF2NOS. The van der Waals surface area contributed by atoms with Gasteiger partial charge in [-0.1, -0.05) is 0 Å². The molecule has 2 N–H and O–H groups in total. The molecule has 0 aliphatic carbocycles. The van der Waals surface area contributed by atoms with Gasteiger partial charge < -0.3 is 5.73 Å². The van der Waals surface area contributed by atoms with Crippen LogP contribution >= 0.6 is 15.9 Å². The van der Waals surface area contributed by atoms with Crippen molar-refractivity contribution in [2.24, 2.45) is 5.73 Å². The van der Waals surface area contributed by atoms with Gasteiger partial charge in [0.1, 0.15) is 11.6 Å². The van der Waals surface area contributed by atoms with Crippen molar-refractivity contribution in [3.8, 4) is 0 Å². The predicted molar refractivity (Wildman–Crippen MR) is 69.0 cm³/mol. The van der Waals surface area contributed by atoms with Crippen LogP contribution in [-0.4, -0.2) is 15.5 Å². The lowest BCUT2D eigenvalue weighted by atomic mass is 10.1. The fraction of sp³-hybridized carbons (Fsp3) is 0.455. The van der Waals surface area contributed by atoms with Crippen molar-refractivity contribution < 1.29 is 13.0 Å². The zero-order valence-corrected chi connectivity index (χ0v) is 12.0. The Morgan fingerprint density at radius 2 is 2.00 bits per heavy atom. The molecule has 0 amide bonds. The lowest BCUT2D eigenvalue weighted by Crippen LogP contribution is -2.38. The number of halogens is 3. The van der Waals surface area contributed by atoms with Crippen molar-refractivity contribution in [2.45, 2.75) is 25.1 Å². The van der Waals surface area contributed by atoms with Gasteiger partial charge in [-0.3, -0.25) is 4.21 Å². The van der Waals surface area contributed by atoms with Crippen LogP contribution < -0.4 is 5.73 Å². The highest BCUT2D eigenvalue weighted by Crippen LogP contribution is 2.23. The molecule has 0 saturated heterocycles. The van der Waals surface area contributed by atoms with Crippen molar-refractivity contribution >= 4 is 26.7 Å². The summed E-state index contributed by atoms with van der Waals surface area (Å²) < 4.78 is 38.9. The van der Waals surface area contributed by atoms with Crippen molar-refractivity contribution in [1.82, 2.24) is 0 Å². The van der Waals surface area contributed by atoms with Gasteiger partial charge in [-0.2, -0.15) is 0 Å². The minimum atomic E-state index is -1.40. The molecule has 0 bridgehead atoms. The van der Waals surface area contributed by atoms with Crippen molar-refractivity contribution in [3.05, 3.63) is 33.8 Å². The van der Waals surface area contributed by atoms with E-state index in [4.69, 9.17) is 5.73 Å². The van der Waals surface area contributed by atoms with E-state index in [-0.39, 0.29) is 21.5 Å². The molecule has 2 nitrogen and oxygen atoms in total. The van der Waals surface area contributed by atoms with Gasteiger partial charge in [-0.15, -0.1) is 0 Å². The van der Waals surface area contributed by atoms with Crippen LogP contribution in [0.5, 0.6) is 0 Å². The molecule has 0 aliphatic heterocycles. The van der Waals surface area contributed by atoms with Crippen LogP contribution in [0.4, 0.5) is 8.78 Å². The molecule has 0 aliphatic rings. The van der Waals surface area contributed by atoms with E-state index in [1.54, 1.807) is 13.8 Å². The quantitative estimate of drug-likeness (QED) is 0.865. The second-order valence-electron chi connectivity index (χ2n) is 4.54. The van der Waals surface area contributed by atoms with E-state index in [1.807, 2.05) is 0 Å². The molecule has 0 aromatic heterocycles. The zero-order chi connectivity index (χ0) is 13.2. The Hall–Kier alpha value is -0.330. The Morgan fingerprint density at radius 1 is 1.41 bits per heavy atom. The first kappa shape index (κ1) is 14.7. The lowest BCUT2D eigenvalue weighted by molar-refractivity contribution is 0.555. The first-order chi connectivity index (χ1) is 7.70. The van der Waals surface area contributed by atoms with Gasteiger partial charge in [0.2, 0.25) is 0 Å². The minimum absolute atomic E-state index is 0.165. The van der Waals surface area contributed by atoms with Crippen molar-refractivity contribution in [1.29, 1.82) is 0 Å². The SMILES string of the molecule is CC(C)(N)CS(=O)Cc1c(F)ccc(Br)c1F. The van der Waals surface area contributed by atoms with Crippen molar-refractivity contribution in [3.63, 3.8) is 0 Å². The summed E-state index contributed by atoms with van der Waals surface area (Å²) in [5, 5.41) is 0. The zero-order valence-electron chi connectivity index (χ0n) is 9.60. The summed E-state index contributed by atoms with van der Waals surface area (Å²) in [7, 11) is -1.40. The highest BCUT2D eigenvalue weighted by Gasteiger charge is 2.19. The minimum Gasteiger partial charge on any atom is -0.325 e. The van der Waals surface area contributed by atoms with Crippen LogP contribution in [0.1, 0.15) is 19.4 Å².